The van der Waals surface area contributed by atoms with Crippen LogP contribution in [0.2, 0.25) is 0 Å². The van der Waals surface area contributed by atoms with E-state index in [0.717, 1.165) is 16.6 Å². The SMILES string of the molecule is CC(C)c1csc(NC(=O)c2cc3ccccc3[nH]2)n1. The lowest BCUT2D eigenvalue weighted by Crippen LogP contribution is -2.12. The second kappa shape index (κ2) is 5.09. The number of anilines is 1. The number of carbonyl (C=O) groups excluding carboxylic acids is 1. The molecule has 0 aliphatic heterocycles. The molecular formula is C15H15N3OS. The molecule has 0 atom stereocenters. The van der Waals surface area contributed by atoms with Crippen LogP contribution in [-0.2, 0) is 0 Å². The second-order valence-corrected chi connectivity index (χ2v) is 5.81. The normalized spacial score (nSPS) is 11.2. The van der Waals surface area contributed by atoms with Crippen molar-refractivity contribution in [3.8, 4) is 0 Å². The van der Waals surface area contributed by atoms with Crippen molar-refractivity contribution in [2.45, 2.75) is 19.8 Å². The van der Waals surface area contributed by atoms with E-state index >= 15 is 0 Å². The summed E-state index contributed by atoms with van der Waals surface area (Å²) in [4.78, 5) is 19.7. The van der Waals surface area contributed by atoms with Crippen molar-refractivity contribution in [3.05, 3.63) is 47.1 Å². The quantitative estimate of drug-likeness (QED) is 0.764. The summed E-state index contributed by atoms with van der Waals surface area (Å²) in [5.74, 6) is 0.204. The van der Waals surface area contributed by atoms with Gasteiger partial charge in [-0.25, -0.2) is 4.98 Å². The molecule has 0 saturated heterocycles. The third-order valence-corrected chi connectivity index (χ3v) is 3.88. The van der Waals surface area contributed by atoms with Crippen LogP contribution in [0.15, 0.2) is 35.7 Å². The van der Waals surface area contributed by atoms with Gasteiger partial charge >= 0.3 is 0 Å². The van der Waals surface area contributed by atoms with Crippen LogP contribution in [0.25, 0.3) is 10.9 Å². The summed E-state index contributed by atoms with van der Waals surface area (Å²) in [6.45, 7) is 4.16. The molecular weight excluding hydrogens is 270 g/mol. The Morgan fingerprint density at radius 3 is 2.85 bits per heavy atom. The van der Waals surface area contributed by atoms with E-state index in [2.05, 4.69) is 29.1 Å². The van der Waals surface area contributed by atoms with Crippen molar-refractivity contribution < 1.29 is 4.79 Å². The fourth-order valence-corrected chi connectivity index (χ4v) is 2.84. The van der Waals surface area contributed by atoms with Gasteiger partial charge in [-0.05, 0) is 18.1 Å². The minimum Gasteiger partial charge on any atom is -0.351 e. The molecule has 0 spiro atoms. The first-order chi connectivity index (χ1) is 9.63. The Bertz CT molecular complexity index is 724. The maximum atomic E-state index is 12.2. The second-order valence-electron chi connectivity index (χ2n) is 4.96. The predicted octanol–water partition coefficient (Wildman–Crippen LogP) is 4.00. The Balaban J connectivity index is 1.81. The summed E-state index contributed by atoms with van der Waals surface area (Å²) in [5.41, 5.74) is 2.51. The number of aromatic amines is 1. The number of rotatable bonds is 3. The molecule has 0 unspecified atom stereocenters. The Kier molecular flexibility index (Phi) is 3.28. The van der Waals surface area contributed by atoms with Gasteiger partial charge in [-0.1, -0.05) is 32.0 Å². The van der Waals surface area contributed by atoms with Gasteiger partial charge in [0.15, 0.2) is 5.13 Å². The number of nitrogens with zero attached hydrogens (tertiary/aromatic N) is 1. The van der Waals surface area contributed by atoms with E-state index in [-0.39, 0.29) is 5.91 Å². The van der Waals surface area contributed by atoms with Crippen LogP contribution >= 0.6 is 11.3 Å². The average molecular weight is 285 g/mol. The van der Waals surface area contributed by atoms with Crippen LogP contribution in [-0.4, -0.2) is 15.9 Å². The van der Waals surface area contributed by atoms with Crippen LogP contribution in [0.5, 0.6) is 0 Å². The molecule has 3 rings (SSSR count). The Morgan fingerprint density at radius 2 is 2.15 bits per heavy atom. The lowest BCUT2D eigenvalue weighted by Gasteiger charge is -1.99. The maximum absolute atomic E-state index is 12.2. The fraction of sp³-hybridized carbons (Fsp3) is 0.200. The molecule has 2 N–H and O–H groups in total. The number of hydrogen-bond acceptors (Lipinski definition) is 3. The number of amides is 1. The smallest absolute Gasteiger partial charge is 0.273 e. The Hall–Kier alpha value is -2.14. The maximum Gasteiger partial charge on any atom is 0.273 e. The molecule has 1 amide bonds. The van der Waals surface area contributed by atoms with Gasteiger partial charge in [0.25, 0.3) is 5.91 Å². The van der Waals surface area contributed by atoms with Crippen LogP contribution in [0.4, 0.5) is 5.13 Å². The number of hydrogen-bond donors (Lipinski definition) is 2. The van der Waals surface area contributed by atoms with E-state index in [9.17, 15) is 4.79 Å². The van der Waals surface area contributed by atoms with E-state index in [0.29, 0.717) is 16.7 Å². The van der Waals surface area contributed by atoms with Gasteiger partial charge in [-0.2, -0.15) is 0 Å². The first kappa shape index (κ1) is 12.9. The van der Waals surface area contributed by atoms with Crippen LogP contribution in [0.3, 0.4) is 0 Å². The molecule has 5 heteroatoms. The highest BCUT2D eigenvalue weighted by Crippen LogP contribution is 2.22. The van der Waals surface area contributed by atoms with Crippen molar-refractivity contribution in [2.75, 3.05) is 5.32 Å². The molecule has 1 aromatic carbocycles. The van der Waals surface area contributed by atoms with Gasteiger partial charge in [-0.3, -0.25) is 10.1 Å². The lowest BCUT2D eigenvalue weighted by atomic mass is 10.2. The summed E-state index contributed by atoms with van der Waals surface area (Å²) in [6.07, 6.45) is 0. The van der Waals surface area contributed by atoms with Crippen molar-refractivity contribution in [1.29, 1.82) is 0 Å². The van der Waals surface area contributed by atoms with E-state index in [4.69, 9.17) is 0 Å². The van der Waals surface area contributed by atoms with E-state index in [1.165, 1.54) is 11.3 Å². The summed E-state index contributed by atoms with van der Waals surface area (Å²) in [6, 6.07) is 9.67. The Labute approximate surface area is 120 Å². The molecule has 0 radical (unpaired) electrons. The number of fused-ring (bicyclic) bond motifs is 1. The van der Waals surface area contributed by atoms with Gasteiger partial charge in [0.1, 0.15) is 5.69 Å². The molecule has 20 heavy (non-hydrogen) atoms. The summed E-state index contributed by atoms with van der Waals surface area (Å²) < 4.78 is 0. The first-order valence-corrected chi connectivity index (χ1v) is 7.36. The van der Waals surface area contributed by atoms with Crippen molar-refractivity contribution in [2.24, 2.45) is 0 Å². The summed E-state index contributed by atoms with van der Waals surface area (Å²) in [7, 11) is 0. The van der Waals surface area contributed by atoms with Gasteiger partial charge < -0.3 is 4.98 Å². The number of aromatic nitrogens is 2. The van der Waals surface area contributed by atoms with E-state index in [1.54, 1.807) is 0 Å². The highest BCUT2D eigenvalue weighted by atomic mass is 32.1. The zero-order chi connectivity index (χ0) is 14.1. The number of benzene rings is 1. The lowest BCUT2D eigenvalue weighted by molar-refractivity contribution is 0.102. The van der Waals surface area contributed by atoms with Crippen LogP contribution < -0.4 is 5.32 Å². The topological polar surface area (TPSA) is 57.8 Å². The predicted molar refractivity (Wildman–Crippen MR) is 82.5 cm³/mol. The van der Waals surface area contributed by atoms with E-state index < -0.39 is 0 Å². The number of H-pyrrole nitrogens is 1. The number of carbonyl (C=O) groups is 1. The van der Waals surface area contributed by atoms with Gasteiger partial charge in [0, 0.05) is 16.3 Å². The van der Waals surface area contributed by atoms with Crippen molar-refractivity contribution in [3.63, 3.8) is 0 Å². The molecule has 2 heterocycles. The number of para-hydroxylation sites is 1. The standard InChI is InChI=1S/C15H15N3OS/c1-9(2)13-8-20-15(17-13)18-14(19)12-7-10-5-3-4-6-11(10)16-12/h3-9,16H,1-2H3,(H,17,18,19). The third-order valence-electron chi connectivity index (χ3n) is 3.11. The molecule has 0 bridgehead atoms. The summed E-state index contributed by atoms with van der Waals surface area (Å²) >= 11 is 1.45. The van der Waals surface area contributed by atoms with E-state index in [1.807, 2.05) is 35.7 Å². The molecule has 4 nitrogen and oxygen atoms in total. The number of nitrogens with one attached hydrogen (secondary N) is 2. The third kappa shape index (κ3) is 2.44. The molecule has 3 aromatic rings. The number of thiazole rings is 1. The summed E-state index contributed by atoms with van der Waals surface area (Å²) in [5, 5.41) is 6.47. The average Bonchev–Trinajstić information content (AvgIpc) is 3.04. The van der Waals surface area contributed by atoms with Gasteiger partial charge in [-0.15, -0.1) is 11.3 Å². The highest BCUT2D eigenvalue weighted by Gasteiger charge is 2.12. The minimum absolute atomic E-state index is 0.161. The molecule has 102 valence electrons. The largest absolute Gasteiger partial charge is 0.351 e. The molecule has 0 fully saturated rings. The zero-order valence-corrected chi connectivity index (χ0v) is 12.1. The first-order valence-electron chi connectivity index (χ1n) is 6.48. The molecule has 0 saturated carbocycles. The van der Waals surface area contributed by atoms with Gasteiger partial charge in [0.05, 0.1) is 5.69 Å². The van der Waals surface area contributed by atoms with Crippen molar-refractivity contribution >= 4 is 33.3 Å². The fourth-order valence-electron chi connectivity index (χ4n) is 1.97. The molecule has 0 aliphatic rings. The highest BCUT2D eigenvalue weighted by molar-refractivity contribution is 7.14. The van der Waals surface area contributed by atoms with Gasteiger partial charge in [0.2, 0.25) is 0 Å². The monoisotopic (exact) mass is 285 g/mol. The van der Waals surface area contributed by atoms with Crippen molar-refractivity contribution in [1.82, 2.24) is 9.97 Å². The Morgan fingerprint density at radius 1 is 1.35 bits per heavy atom. The van der Waals surface area contributed by atoms with Crippen LogP contribution in [0, 0.1) is 0 Å². The molecule has 0 aliphatic carbocycles. The molecule has 2 aromatic heterocycles. The zero-order valence-electron chi connectivity index (χ0n) is 11.3. The van der Waals surface area contributed by atoms with Crippen LogP contribution in [0.1, 0.15) is 35.9 Å². The minimum atomic E-state index is -0.161.